The molecule has 1 aromatic rings. The van der Waals surface area contributed by atoms with Gasteiger partial charge >= 0.3 is 0 Å². The predicted octanol–water partition coefficient (Wildman–Crippen LogP) is 2.66. The number of para-hydroxylation sites is 1. The third-order valence-corrected chi connectivity index (χ3v) is 3.47. The Hall–Kier alpha value is -1.35. The number of carbonyl (C=O) groups is 1. The standard InChI is InChI=1S/C14H20N2O/c15-10-12-8-4-5-9-13(12)16-14(17)11-6-2-1-3-7-11/h4-5,8-9,11H,1-3,6-7,10,15H2,(H,16,17). The Morgan fingerprint density at radius 2 is 1.94 bits per heavy atom. The van der Waals surface area contributed by atoms with E-state index in [1.54, 1.807) is 0 Å². The maximum atomic E-state index is 12.1. The molecule has 1 aliphatic carbocycles. The molecular formula is C14H20N2O. The van der Waals surface area contributed by atoms with Crippen molar-refractivity contribution in [1.82, 2.24) is 0 Å². The molecule has 0 unspecified atom stereocenters. The summed E-state index contributed by atoms with van der Waals surface area (Å²) in [6, 6.07) is 7.74. The molecule has 1 aromatic carbocycles. The second-order valence-corrected chi connectivity index (χ2v) is 4.69. The zero-order valence-electron chi connectivity index (χ0n) is 10.1. The van der Waals surface area contributed by atoms with Crippen LogP contribution >= 0.6 is 0 Å². The van der Waals surface area contributed by atoms with Crippen LogP contribution in [-0.4, -0.2) is 5.91 Å². The molecule has 0 aliphatic heterocycles. The van der Waals surface area contributed by atoms with Crippen molar-refractivity contribution in [1.29, 1.82) is 0 Å². The number of nitrogens with two attached hydrogens (primary N) is 1. The van der Waals surface area contributed by atoms with Crippen molar-refractivity contribution >= 4 is 11.6 Å². The van der Waals surface area contributed by atoms with E-state index in [1.807, 2.05) is 24.3 Å². The highest BCUT2D eigenvalue weighted by Crippen LogP contribution is 2.25. The SMILES string of the molecule is NCc1ccccc1NC(=O)C1CCCCC1. The van der Waals surface area contributed by atoms with Crippen LogP contribution in [-0.2, 0) is 11.3 Å². The van der Waals surface area contributed by atoms with Crippen LogP contribution in [0.3, 0.4) is 0 Å². The van der Waals surface area contributed by atoms with Crippen molar-refractivity contribution in [3.63, 3.8) is 0 Å². The number of anilines is 1. The molecule has 0 bridgehead atoms. The smallest absolute Gasteiger partial charge is 0.227 e. The third-order valence-electron chi connectivity index (χ3n) is 3.47. The summed E-state index contributed by atoms with van der Waals surface area (Å²) in [5.74, 6) is 0.347. The molecule has 0 saturated heterocycles. The van der Waals surface area contributed by atoms with Gasteiger partial charge in [-0.05, 0) is 24.5 Å². The van der Waals surface area contributed by atoms with E-state index < -0.39 is 0 Å². The van der Waals surface area contributed by atoms with Crippen LogP contribution in [0.15, 0.2) is 24.3 Å². The Balaban J connectivity index is 2.01. The number of nitrogens with one attached hydrogen (secondary N) is 1. The Bertz CT molecular complexity index is 384. The quantitative estimate of drug-likeness (QED) is 0.841. The molecule has 0 spiro atoms. The van der Waals surface area contributed by atoms with Crippen molar-refractivity contribution in [2.75, 3.05) is 5.32 Å². The van der Waals surface area contributed by atoms with E-state index in [1.165, 1.54) is 19.3 Å². The molecule has 92 valence electrons. The van der Waals surface area contributed by atoms with E-state index in [0.29, 0.717) is 6.54 Å². The molecule has 3 nitrogen and oxygen atoms in total. The number of benzene rings is 1. The lowest BCUT2D eigenvalue weighted by Gasteiger charge is -2.21. The van der Waals surface area contributed by atoms with Crippen LogP contribution < -0.4 is 11.1 Å². The van der Waals surface area contributed by atoms with Gasteiger partial charge in [0.2, 0.25) is 5.91 Å². The van der Waals surface area contributed by atoms with Gasteiger partial charge in [-0.3, -0.25) is 4.79 Å². The maximum Gasteiger partial charge on any atom is 0.227 e. The van der Waals surface area contributed by atoms with Crippen LogP contribution in [0.1, 0.15) is 37.7 Å². The monoisotopic (exact) mass is 232 g/mol. The molecule has 0 radical (unpaired) electrons. The lowest BCUT2D eigenvalue weighted by atomic mass is 9.88. The zero-order valence-corrected chi connectivity index (χ0v) is 10.1. The largest absolute Gasteiger partial charge is 0.326 e. The Labute approximate surface area is 102 Å². The normalized spacial score (nSPS) is 16.8. The fourth-order valence-electron chi connectivity index (χ4n) is 2.42. The number of rotatable bonds is 3. The molecule has 1 amide bonds. The summed E-state index contributed by atoms with van der Waals surface area (Å²) in [4.78, 5) is 12.1. The van der Waals surface area contributed by atoms with Crippen molar-refractivity contribution in [2.45, 2.75) is 38.6 Å². The summed E-state index contributed by atoms with van der Waals surface area (Å²) < 4.78 is 0. The van der Waals surface area contributed by atoms with Gasteiger partial charge in [-0.15, -0.1) is 0 Å². The number of hydrogen-bond donors (Lipinski definition) is 2. The molecule has 3 heteroatoms. The molecule has 0 heterocycles. The molecule has 0 atom stereocenters. The topological polar surface area (TPSA) is 55.1 Å². The van der Waals surface area contributed by atoms with E-state index in [-0.39, 0.29) is 11.8 Å². The first kappa shape index (κ1) is 12.1. The van der Waals surface area contributed by atoms with Gasteiger partial charge in [0, 0.05) is 18.2 Å². The van der Waals surface area contributed by atoms with Crippen LogP contribution in [0, 0.1) is 5.92 Å². The first-order valence-corrected chi connectivity index (χ1v) is 6.40. The summed E-state index contributed by atoms with van der Waals surface area (Å²) in [7, 11) is 0. The van der Waals surface area contributed by atoms with Gasteiger partial charge in [-0.25, -0.2) is 0 Å². The highest BCUT2D eigenvalue weighted by atomic mass is 16.1. The van der Waals surface area contributed by atoms with Gasteiger partial charge < -0.3 is 11.1 Å². The van der Waals surface area contributed by atoms with Crippen LogP contribution in [0.25, 0.3) is 0 Å². The first-order chi connectivity index (χ1) is 8.31. The van der Waals surface area contributed by atoms with Crippen molar-refractivity contribution in [3.8, 4) is 0 Å². The second-order valence-electron chi connectivity index (χ2n) is 4.69. The van der Waals surface area contributed by atoms with Gasteiger partial charge in [-0.1, -0.05) is 37.5 Å². The molecule has 1 fully saturated rings. The Morgan fingerprint density at radius 1 is 1.24 bits per heavy atom. The fraction of sp³-hybridized carbons (Fsp3) is 0.500. The molecule has 0 aromatic heterocycles. The highest BCUT2D eigenvalue weighted by molar-refractivity contribution is 5.93. The molecule has 1 aliphatic rings. The van der Waals surface area contributed by atoms with Crippen molar-refractivity contribution < 1.29 is 4.79 Å². The van der Waals surface area contributed by atoms with Gasteiger partial charge in [0.25, 0.3) is 0 Å². The average molecular weight is 232 g/mol. The Kier molecular flexibility index (Phi) is 4.15. The molecule has 2 rings (SSSR count). The lowest BCUT2D eigenvalue weighted by Crippen LogP contribution is -2.25. The summed E-state index contributed by atoms with van der Waals surface area (Å²) in [6.45, 7) is 0.459. The second kappa shape index (κ2) is 5.82. The van der Waals surface area contributed by atoms with E-state index in [9.17, 15) is 4.79 Å². The van der Waals surface area contributed by atoms with Gasteiger partial charge in [-0.2, -0.15) is 0 Å². The first-order valence-electron chi connectivity index (χ1n) is 6.40. The minimum atomic E-state index is 0.158. The van der Waals surface area contributed by atoms with E-state index in [2.05, 4.69) is 5.32 Å². The van der Waals surface area contributed by atoms with Crippen LogP contribution in [0.5, 0.6) is 0 Å². The Morgan fingerprint density at radius 3 is 2.65 bits per heavy atom. The number of hydrogen-bond acceptors (Lipinski definition) is 2. The molecule has 1 saturated carbocycles. The van der Waals surface area contributed by atoms with E-state index in [4.69, 9.17) is 5.73 Å². The van der Waals surface area contributed by atoms with Crippen molar-refractivity contribution in [2.24, 2.45) is 11.7 Å². The highest BCUT2D eigenvalue weighted by Gasteiger charge is 2.21. The molecule has 3 N–H and O–H groups in total. The average Bonchev–Trinajstić information content (AvgIpc) is 2.40. The number of amides is 1. The minimum Gasteiger partial charge on any atom is -0.326 e. The van der Waals surface area contributed by atoms with Crippen LogP contribution in [0.4, 0.5) is 5.69 Å². The number of carbonyl (C=O) groups excluding carboxylic acids is 1. The zero-order chi connectivity index (χ0) is 12.1. The summed E-state index contributed by atoms with van der Waals surface area (Å²) in [5.41, 5.74) is 7.52. The summed E-state index contributed by atoms with van der Waals surface area (Å²) >= 11 is 0. The predicted molar refractivity (Wildman–Crippen MR) is 69.5 cm³/mol. The van der Waals surface area contributed by atoms with Gasteiger partial charge in [0.05, 0.1) is 0 Å². The lowest BCUT2D eigenvalue weighted by molar-refractivity contribution is -0.120. The van der Waals surface area contributed by atoms with E-state index in [0.717, 1.165) is 24.1 Å². The maximum absolute atomic E-state index is 12.1. The van der Waals surface area contributed by atoms with E-state index >= 15 is 0 Å². The van der Waals surface area contributed by atoms with Gasteiger partial charge in [0.1, 0.15) is 0 Å². The van der Waals surface area contributed by atoms with Crippen LogP contribution in [0.2, 0.25) is 0 Å². The molecular weight excluding hydrogens is 212 g/mol. The summed E-state index contributed by atoms with van der Waals surface area (Å²) in [5, 5.41) is 3.01. The molecule has 17 heavy (non-hydrogen) atoms. The van der Waals surface area contributed by atoms with Gasteiger partial charge in [0.15, 0.2) is 0 Å². The fourth-order valence-corrected chi connectivity index (χ4v) is 2.42. The summed E-state index contributed by atoms with van der Waals surface area (Å²) in [6.07, 6.45) is 5.67. The minimum absolute atomic E-state index is 0.158. The van der Waals surface area contributed by atoms with Crippen molar-refractivity contribution in [3.05, 3.63) is 29.8 Å². The third kappa shape index (κ3) is 3.07.